The highest BCUT2D eigenvalue weighted by molar-refractivity contribution is 7.80. The fourth-order valence-corrected chi connectivity index (χ4v) is 2.53. The van der Waals surface area contributed by atoms with E-state index >= 15 is 0 Å². The van der Waals surface area contributed by atoms with Crippen LogP contribution >= 0.6 is 12.2 Å². The molecule has 1 aromatic carbocycles. The van der Waals surface area contributed by atoms with Gasteiger partial charge in [-0.25, -0.2) is 0 Å². The van der Waals surface area contributed by atoms with Crippen LogP contribution in [0.5, 0.6) is 0 Å². The smallest absolute Gasteiger partial charge is 0.236 e. The Kier molecular flexibility index (Phi) is 3.90. The van der Waals surface area contributed by atoms with Crippen molar-refractivity contribution in [2.45, 2.75) is 39.3 Å². The standard InChI is InChI=1S/C15H20N2OS/c1-11(2)17(10-12-6-4-3-5-7-12)14(18)15(8-9-15)13(16)19/h3-7,11H,8-10H2,1-2H3,(H2,16,19). The minimum Gasteiger partial charge on any atom is -0.392 e. The summed E-state index contributed by atoms with van der Waals surface area (Å²) in [5.41, 5.74) is 6.32. The molecule has 0 saturated heterocycles. The molecule has 4 heteroatoms. The molecule has 1 aliphatic carbocycles. The molecule has 0 heterocycles. The SMILES string of the molecule is CC(C)N(Cc1ccccc1)C(=O)C1(C(N)=S)CC1. The van der Waals surface area contributed by atoms with Gasteiger partial charge in [-0.1, -0.05) is 42.5 Å². The summed E-state index contributed by atoms with van der Waals surface area (Å²) in [6.07, 6.45) is 1.58. The zero-order chi connectivity index (χ0) is 14.0. The highest BCUT2D eigenvalue weighted by Crippen LogP contribution is 2.48. The molecule has 2 rings (SSSR count). The van der Waals surface area contributed by atoms with Crippen LogP contribution in [0.2, 0.25) is 0 Å². The van der Waals surface area contributed by atoms with Gasteiger partial charge in [-0.05, 0) is 32.3 Å². The minimum absolute atomic E-state index is 0.0823. The molecule has 0 aromatic heterocycles. The van der Waals surface area contributed by atoms with E-state index < -0.39 is 5.41 Å². The third kappa shape index (κ3) is 2.78. The first-order valence-electron chi connectivity index (χ1n) is 6.62. The summed E-state index contributed by atoms with van der Waals surface area (Å²) < 4.78 is 0. The molecule has 1 fully saturated rings. The van der Waals surface area contributed by atoms with Gasteiger partial charge in [0.05, 0.1) is 10.4 Å². The molecular formula is C15H20N2OS. The predicted octanol–water partition coefficient (Wildman–Crippen LogP) is 2.49. The van der Waals surface area contributed by atoms with Crippen LogP contribution in [0.15, 0.2) is 30.3 Å². The van der Waals surface area contributed by atoms with Gasteiger partial charge in [-0.3, -0.25) is 4.79 Å². The Labute approximate surface area is 119 Å². The molecule has 0 radical (unpaired) electrons. The highest BCUT2D eigenvalue weighted by atomic mass is 32.1. The lowest BCUT2D eigenvalue weighted by Gasteiger charge is -2.30. The topological polar surface area (TPSA) is 46.3 Å². The maximum atomic E-state index is 12.7. The van der Waals surface area contributed by atoms with Crippen molar-refractivity contribution in [3.8, 4) is 0 Å². The zero-order valence-electron chi connectivity index (χ0n) is 11.4. The third-order valence-corrected chi connectivity index (χ3v) is 4.10. The Hall–Kier alpha value is -1.42. The van der Waals surface area contributed by atoms with E-state index in [2.05, 4.69) is 0 Å². The summed E-state index contributed by atoms with van der Waals surface area (Å²) in [4.78, 5) is 14.9. The number of amides is 1. The lowest BCUT2D eigenvalue weighted by Crippen LogP contribution is -2.45. The van der Waals surface area contributed by atoms with E-state index in [9.17, 15) is 4.79 Å². The summed E-state index contributed by atoms with van der Waals surface area (Å²) in [6, 6.07) is 10.1. The van der Waals surface area contributed by atoms with E-state index in [1.54, 1.807) is 0 Å². The van der Waals surface area contributed by atoms with E-state index in [0.717, 1.165) is 18.4 Å². The Balaban J connectivity index is 2.17. The largest absolute Gasteiger partial charge is 0.392 e. The van der Waals surface area contributed by atoms with Crippen molar-refractivity contribution < 1.29 is 4.79 Å². The number of rotatable bonds is 5. The van der Waals surface area contributed by atoms with Crippen LogP contribution in [0, 0.1) is 5.41 Å². The minimum atomic E-state index is -0.561. The second kappa shape index (κ2) is 5.29. The van der Waals surface area contributed by atoms with Gasteiger partial charge in [0.2, 0.25) is 5.91 Å². The molecule has 2 N–H and O–H groups in total. The van der Waals surface area contributed by atoms with Crippen molar-refractivity contribution in [3.63, 3.8) is 0 Å². The number of hydrogen-bond acceptors (Lipinski definition) is 2. The van der Waals surface area contributed by atoms with Crippen LogP contribution in [0.25, 0.3) is 0 Å². The maximum absolute atomic E-state index is 12.7. The van der Waals surface area contributed by atoms with E-state index in [-0.39, 0.29) is 11.9 Å². The lowest BCUT2D eigenvalue weighted by molar-refractivity contribution is -0.136. The molecule has 1 aromatic rings. The predicted molar refractivity (Wildman–Crippen MR) is 80.6 cm³/mol. The quantitative estimate of drug-likeness (QED) is 0.840. The third-order valence-electron chi connectivity index (χ3n) is 3.71. The van der Waals surface area contributed by atoms with Crippen molar-refractivity contribution in [2.75, 3.05) is 0 Å². The molecule has 0 unspecified atom stereocenters. The molecule has 0 spiro atoms. The van der Waals surface area contributed by atoms with Gasteiger partial charge in [0, 0.05) is 12.6 Å². The van der Waals surface area contributed by atoms with Crippen LogP contribution < -0.4 is 5.73 Å². The van der Waals surface area contributed by atoms with Crippen molar-refractivity contribution in [1.29, 1.82) is 0 Å². The van der Waals surface area contributed by atoms with E-state index in [0.29, 0.717) is 11.5 Å². The Morgan fingerprint density at radius 1 is 1.37 bits per heavy atom. The van der Waals surface area contributed by atoms with Gasteiger partial charge in [0.1, 0.15) is 0 Å². The summed E-state index contributed by atoms with van der Waals surface area (Å²) in [6.45, 7) is 4.66. The number of nitrogens with two attached hydrogens (primary N) is 1. The zero-order valence-corrected chi connectivity index (χ0v) is 12.2. The second-order valence-corrected chi connectivity index (χ2v) is 5.90. The van der Waals surface area contributed by atoms with Gasteiger partial charge < -0.3 is 10.6 Å². The van der Waals surface area contributed by atoms with Crippen LogP contribution in [0.4, 0.5) is 0 Å². The maximum Gasteiger partial charge on any atom is 0.236 e. The molecule has 19 heavy (non-hydrogen) atoms. The van der Waals surface area contributed by atoms with Gasteiger partial charge in [0.15, 0.2) is 0 Å². The average Bonchev–Trinajstić information content (AvgIpc) is 3.17. The van der Waals surface area contributed by atoms with Crippen LogP contribution in [0.1, 0.15) is 32.3 Å². The number of hydrogen-bond donors (Lipinski definition) is 1. The Morgan fingerprint density at radius 3 is 2.37 bits per heavy atom. The number of nitrogens with zero attached hydrogens (tertiary/aromatic N) is 1. The molecule has 1 aliphatic rings. The molecular weight excluding hydrogens is 256 g/mol. The molecule has 0 atom stereocenters. The van der Waals surface area contributed by atoms with Gasteiger partial charge in [-0.15, -0.1) is 0 Å². The first kappa shape index (κ1) is 14.0. The molecule has 0 bridgehead atoms. The monoisotopic (exact) mass is 276 g/mol. The highest BCUT2D eigenvalue weighted by Gasteiger charge is 2.54. The van der Waals surface area contributed by atoms with Crippen LogP contribution in [-0.2, 0) is 11.3 Å². The van der Waals surface area contributed by atoms with Crippen LogP contribution in [0.3, 0.4) is 0 Å². The van der Waals surface area contributed by atoms with Gasteiger partial charge >= 0.3 is 0 Å². The number of benzene rings is 1. The number of carbonyl (C=O) groups is 1. The molecule has 1 amide bonds. The summed E-state index contributed by atoms with van der Waals surface area (Å²) in [7, 11) is 0. The lowest BCUT2D eigenvalue weighted by atomic mass is 10.0. The molecule has 0 aliphatic heterocycles. The number of carbonyl (C=O) groups excluding carboxylic acids is 1. The normalized spacial score (nSPS) is 16.2. The molecule has 3 nitrogen and oxygen atoms in total. The van der Waals surface area contributed by atoms with E-state index in [4.69, 9.17) is 18.0 Å². The van der Waals surface area contributed by atoms with Gasteiger partial charge in [-0.2, -0.15) is 0 Å². The fraction of sp³-hybridized carbons (Fsp3) is 0.467. The van der Waals surface area contributed by atoms with Crippen LogP contribution in [-0.4, -0.2) is 21.8 Å². The van der Waals surface area contributed by atoms with Crippen molar-refractivity contribution in [2.24, 2.45) is 11.1 Å². The van der Waals surface area contributed by atoms with Crippen molar-refractivity contribution in [1.82, 2.24) is 4.90 Å². The van der Waals surface area contributed by atoms with Crippen molar-refractivity contribution in [3.05, 3.63) is 35.9 Å². The van der Waals surface area contributed by atoms with E-state index in [1.807, 2.05) is 49.1 Å². The molecule has 1 saturated carbocycles. The Bertz CT molecular complexity index is 480. The Morgan fingerprint density at radius 2 is 1.95 bits per heavy atom. The fourth-order valence-electron chi connectivity index (χ4n) is 2.23. The van der Waals surface area contributed by atoms with Crippen molar-refractivity contribution >= 4 is 23.1 Å². The summed E-state index contributed by atoms with van der Waals surface area (Å²) >= 11 is 5.07. The first-order chi connectivity index (χ1) is 8.97. The van der Waals surface area contributed by atoms with E-state index in [1.165, 1.54) is 0 Å². The average molecular weight is 276 g/mol. The summed E-state index contributed by atoms with van der Waals surface area (Å²) in [5, 5.41) is 0. The first-order valence-corrected chi connectivity index (χ1v) is 7.03. The van der Waals surface area contributed by atoms with Gasteiger partial charge in [0.25, 0.3) is 0 Å². The summed E-state index contributed by atoms with van der Waals surface area (Å²) in [5.74, 6) is 0.0823. The second-order valence-electron chi connectivity index (χ2n) is 5.46. The number of thiocarbonyl (C=S) groups is 1. The molecule has 102 valence electrons.